The van der Waals surface area contributed by atoms with Crippen molar-refractivity contribution in [2.24, 2.45) is 11.8 Å². The molecule has 4 atom stereocenters. The fraction of sp³-hybridized carbons (Fsp3) is 0.346. The molecule has 9 heteroatoms. The lowest BCUT2D eigenvalue weighted by Crippen LogP contribution is -2.53. The number of hydrogen-bond acceptors (Lipinski definition) is 5. The minimum atomic E-state index is -1.51. The largest absolute Gasteiger partial charge is 0.385 e. The van der Waals surface area contributed by atoms with Crippen LogP contribution >= 0.6 is 0 Å². The van der Waals surface area contributed by atoms with Gasteiger partial charge in [-0.3, -0.25) is 24.6 Å². The summed E-state index contributed by atoms with van der Waals surface area (Å²) in [7, 11) is 1.56. The first-order chi connectivity index (χ1) is 17.0. The lowest BCUT2D eigenvalue weighted by molar-refractivity contribution is -0.143. The number of carbonyl (C=O) groups is 3. The Kier molecular flexibility index (Phi) is 5.01. The summed E-state index contributed by atoms with van der Waals surface area (Å²) in [6.07, 6.45) is 2.82. The van der Waals surface area contributed by atoms with E-state index < -0.39 is 41.0 Å². The molecule has 6 rings (SSSR count). The summed E-state index contributed by atoms with van der Waals surface area (Å²) in [5.74, 6) is -3.36. The van der Waals surface area contributed by atoms with E-state index in [1.54, 1.807) is 7.11 Å². The van der Waals surface area contributed by atoms with Crippen LogP contribution < -0.4 is 10.6 Å². The molecule has 0 saturated carbocycles. The van der Waals surface area contributed by atoms with Gasteiger partial charge in [0.05, 0.1) is 11.8 Å². The molecule has 0 aliphatic carbocycles. The number of nitrogens with one attached hydrogen (secondary N) is 3. The number of amides is 3. The minimum Gasteiger partial charge on any atom is -0.385 e. The third kappa shape index (κ3) is 3.08. The quantitative estimate of drug-likeness (QED) is 0.374. The highest BCUT2D eigenvalue weighted by Crippen LogP contribution is 2.53. The van der Waals surface area contributed by atoms with E-state index in [1.165, 1.54) is 23.1 Å². The fourth-order valence-electron chi connectivity index (χ4n) is 6.13. The summed E-state index contributed by atoms with van der Waals surface area (Å²) < 4.78 is 19.5. The van der Waals surface area contributed by atoms with E-state index in [1.807, 2.05) is 30.5 Å². The third-order valence-electron chi connectivity index (χ3n) is 7.61. The molecule has 3 aliphatic heterocycles. The smallest absolute Gasteiger partial charge is 0.250 e. The average Bonchev–Trinajstić information content (AvgIpc) is 3.55. The molecule has 4 heterocycles. The summed E-state index contributed by atoms with van der Waals surface area (Å²) in [6, 6.07) is 11.4. The number of anilines is 1. The standard InChI is InChI=1S/C26H25FN4O4/c1-35-10-4-9-31-23(32)21-20(11-14-13-28-18-6-3-2-5-16(14)18)30-26(22(21)24(31)33)17-12-15(27)7-8-19(17)29-25(26)34/h2-3,5-8,12-13,20-22,28,30H,4,9-11H2,1H3,(H,29,34)/t20?,21-,22+,26?/m0/s1. The molecule has 2 saturated heterocycles. The number of para-hydroxylation sites is 1. The number of carbonyl (C=O) groups excluding carboxylic acids is 3. The Morgan fingerprint density at radius 1 is 1.11 bits per heavy atom. The van der Waals surface area contributed by atoms with Gasteiger partial charge < -0.3 is 15.0 Å². The number of rotatable bonds is 6. The number of H-pyrrole nitrogens is 1. The lowest BCUT2D eigenvalue weighted by Gasteiger charge is -2.29. The average molecular weight is 477 g/mol. The predicted molar refractivity (Wildman–Crippen MR) is 126 cm³/mol. The van der Waals surface area contributed by atoms with E-state index >= 15 is 0 Å². The van der Waals surface area contributed by atoms with Crippen molar-refractivity contribution >= 4 is 34.3 Å². The summed E-state index contributed by atoms with van der Waals surface area (Å²) in [5.41, 5.74) is 1.26. The second-order valence-corrected chi connectivity index (χ2v) is 9.44. The molecule has 3 amide bonds. The molecule has 8 nitrogen and oxygen atoms in total. The van der Waals surface area contributed by atoms with Crippen molar-refractivity contribution in [1.29, 1.82) is 0 Å². The molecular weight excluding hydrogens is 451 g/mol. The van der Waals surface area contributed by atoms with Crippen molar-refractivity contribution in [3.8, 4) is 0 Å². The molecule has 2 unspecified atom stereocenters. The molecule has 180 valence electrons. The first kappa shape index (κ1) is 21.9. The van der Waals surface area contributed by atoms with Crippen molar-refractivity contribution in [3.63, 3.8) is 0 Å². The van der Waals surface area contributed by atoms with Crippen LogP contribution in [0.15, 0.2) is 48.7 Å². The molecule has 2 fully saturated rings. The van der Waals surface area contributed by atoms with Crippen LogP contribution in [0.5, 0.6) is 0 Å². The van der Waals surface area contributed by atoms with Crippen molar-refractivity contribution in [2.75, 3.05) is 25.6 Å². The number of imide groups is 1. The number of ether oxygens (including phenoxy) is 1. The maximum atomic E-state index is 14.4. The number of methoxy groups -OCH3 is 1. The number of benzene rings is 2. The molecular formula is C26H25FN4O4. The maximum Gasteiger partial charge on any atom is 0.250 e. The van der Waals surface area contributed by atoms with Crippen LogP contribution in [0.3, 0.4) is 0 Å². The molecule has 35 heavy (non-hydrogen) atoms. The minimum absolute atomic E-state index is 0.214. The Morgan fingerprint density at radius 2 is 1.94 bits per heavy atom. The second-order valence-electron chi connectivity index (χ2n) is 9.44. The summed E-state index contributed by atoms with van der Waals surface area (Å²) in [5, 5.41) is 7.19. The molecule has 2 aromatic carbocycles. The van der Waals surface area contributed by atoms with Crippen LogP contribution in [0.4, 0.5) is 10.1 Å². The van der Waals surface area contributed by atoms with Gasteiger partial charge in [-0.15, -0.1) is 0 Å². The topological polar surface area (TPSA) is 104 Å². The van der Waals surface area contributed by atoms with E-state index in [9.17, 15) is 18.8 Å². The highest BCUT2D eigenvalue weighted by molar-refractivity contribution is 6.15. The second kappa shape index (κ2) is 8.00. The lowest BCUT2D eigenvalue weighted by atomic mass is 9.76. The summed E-state index contributed by atoms with van der Waals surface area (Å²) in [4.78, 5) is 45.3. The number of aromatic amines is 1. The number of aromatic nitrogens is 1. The van der Waals surface area contributed by atoms with Crippen molar-refractivity contribution < 1.29 is 23.5 Å². The Bertz CT molecular complexity index is 1370. The van der Waals surface area contributed by atoms with Crippen molar-refractivity contribution in [1.82, 2.24) is 15.2 Å². The Morgan fingerprint density at radius 3 is 2.77 bits per heavy atom. The van der Waals surface area contributed by atoms with Gasteiger partial charge >= 0.3 is 0 Å². The number of likely N-dealkylation sites (tertiary alicyclic amines) is 1. The summed E-state index contributed by atoms with van der Waals surface area (Å²) in [6.45, 7) is 0.620. The van der Waals surface area contributed by atoms with Gasteiger partial charge in [0.15, 0.2) is 0 Å². The summed E-state index contributed by atoms with van der Waals surface area (Å²) >= 11 is 0. The Labute approximate surface area is 200 Å². The zero-order valence-corrected chi connectivity index (χ0v) is 19.1. The van der Waals surface area contributed by atoms with E-state index in [0.717, 1.165) is 16.5 Å². The van der Waals surface area contributed by atoms with Crippen molar-refractivity contribution in [2.45, 2.75) is 24.4 Å². The van der Waals surface area contributed by atoms with Crippen LogP contribution in [-0.2, 0) is 31.1 Å². The fourth-order valence-corrected chi connectivity index (χ4v) is 6.13. The van der Waals surface area contributed by atoms with Gasteiger partial charge in [-0.2, -0.15) is 0 Å². The van der Waals surface area contributed by atoms with Gasteiger partial charge in [0, 0.05) is 54.7 Å². The molecule has 1 aromatic heterocycles. The van der Waals surface area contributed by atoms with E-state index in [4.69, 9.17) is 4.74 Å². The van der Waals surface area contributed by atoms with Gasteiger partial charge in [0.1, 0.15) is 11.4 Å². The number of fused-ring (bicyclic) bond motifs is 5. The van der Waals surface area contributed by atoms with Crippen molar-refractivity contribution in [3.05, 3.63) is 65.6 Å². The monoisotopic (exact) mass is 476 g/mol. The number of nitrogens with zero attached hydrogens (tertiary/aromatic N) is 1. The van der Waals surface area contributed by atoms with Gasteiger partial charge in [0.2, 0.25) is 17.7 Å². The molecule has 0 radical (unpaired) electrons. The van der Waals surface area contributed by atoms with Gasteiger partial charge in [-0.05, 0) is 42.7 Å². The van der Waals surface area contributed by atoms with Gasteiger partial charge in [-0.25, -0.2) is 4.39 Å². The first-order valence-electron chi connectivity index (χ1n) is 11.7. The number of hydrogen-bond donors (Lipinski definition) is 3. The van der Waals surface area contributed by atoms with Crippen LogP contribution in [0, 0.1) is 17.7 Å². The third-order valence-corrected chi connectivity index (χ3v) is 7.61. The zero-order valence-electron chi connectivity index (χ0n) is 19.1. The van der Waals surface area contributed by atoms with Crippen LogP contribution in [0.2, 0.25) is 0 Å². The van der Waals surface area contributed by atoms with E-state index in [0.29, 0.717) is 30.7 Å². The van der Waals surface area contributed by atoms with Crippen LogP contribution in [0.1, 0.15) is 17.5 Å². The molecule has 3 aliphatic rings. The SMILES string of the molecule is COCCCN1C(=O)[C@H]2C(Cc3c[nH]c4ccccc34)NC3(C(=O)Nc4ccc(F)cc43)[C@H]2C1=O. The van der Waals surface area contributed by atoms with E-state index in [-0.39, 0.29) is 12.5 Å². The maximum absolute atomic E-state index is 14.4. The molecule has 3 aromatic rings. The Hall–Kier alpha value is -3.56. The van der Waals surface area contributed by atoms with Gasteiger partial charge in [0.25, 0.3) is 0 Å². The predicted octanol–water partition coefficient (Wildman–Crippen LogP) is 2.31. The van der Waals surface area contributed by atoms with E-state index in [2.05, 4.69) is 15.6 Å². The first-order valence-corrected chi connectivity index (χ1v) is 11.7. The molecule has 1 spiro atoms. The molecule has 0 bridgehead atoms. The highest BCUT2D eigenvalue weighted by atomic mass is 19.1. The van der Waals surface area contributed by atoms with Gasteiger partial charge in [-0.1, -0.05) is 18.2 Å². The zero-order chi connectivity index (χ0) is 24.3. The van der Waals surface area contributed by atoms with Crippen LogP contribution in [-0.4, -0.2) is 53.9 Å². The molecule has 3 N–H and O–H groups in total. The van der Waals surface area contributed by atoms with Crippen LogP contribution in [0.25, 0.3) is 10.9 Å². The number of halogens is 1. The normalized spacial score (nSPS) is 27.2. The Balaban J connectivity index is 1.45. The highest BCUT2D eigenvalue weighted by Gasteiger charge is 2.70.